The topological polar surface area (TPSA) is 43.4 Å². The van der Waals surface area contributed by atoms with E-state index >= 15 is 0 Å². The summed E-state index contributed by atoms with van der Waals surface area (Å²) in [6, 6.07) is 15.8. The molecule has 0 saturated carbocycles. The molecule has 0 aromatic heterocycles. The van der Waals surface area contributed by atoms with Gasteiger partial charge in [0.25, 0.3) is 0 Å². The molecule has 0 aliphatic heterocycles. The highest BCUT2D eigenvalue weighted by atomic mass is 35.5. The average molecular weight is 369 g/mol. The summed E-state index contributed by atoms with van der Waals surface area (Å²) in [5.41, 5.74) is 0.695. The van der Waals surface area contributed by atoms with Gasteiger partial charge in [0.2, 0.25) is 5.78 Å². The number of hydrogen-bond donors (Lipinski definition) is 0. The minimum atomic E-state index is -1.37. The molecular weight excluding hydrogens is 348 g/mol. The minimum absolute atomic E-state index is 0.317. The van der Waals surface area contributed by atoms with E-state index in [0.717, 1.165) is 0 Å². The van der Waals surface area contributed by atoms with Crippen molar-refractivity contribution in [3.63, 3.8) is 0 Å². The Morgan fingerprint density at radius 3 is 2.19 bits per heavy atom. The number of ether oxygens (including phenoxy) is 1. The summed E-state index contributed by atoms with van der Waals surface area (Å²) in [6.45, 7) is 8.62. The second-order valence-electron chi connectivity index (χ2n) is 6.34. The van der Waals surface area contributed by atoms with E-state index in [4.69, 9.17) is 16.3 Å². The molecule has 0 saturated heterocycles. The highest BCUT2D eigenvalue weighted by Gasteiger charge is 2.35. The van der Waals surface area contributed by atoms with E-state index in [-0.39, 0.29) is 5.78 Å². The molecule has 134 valence electrons. The van der Waals surface area contributed by atoms with Gasteiger partial charge in [-0.15, -0.1) is 0 Å². The van der Waals surface area contributed by atoms with Gasteiger partial charge in [-0.1, -0.05) is 66.7 Å². The van der Waals surface area contributed by atoms with Gasteiger partial charge < -0.3 is 4.74 Å². The van der Waals surface area contributed by atoms with Gasteiger partial charge in [-0.3, -0.25) is 4.79 Å². The quantitative estimate of drug-likeness (QED) is 0.292. The highest BCUT2D eigenvalue weighted by molar-refractivity contribution is 6.34. The zero-order chi connectivity index (χ0) is 19.3. The van der Waals surface area contributed by atoms with Crippen LogP contribution < -0.4 is 0 Å². The predicted octanol–water partition coefficient (Wildman–Crippen LogP) is 5.50. The summed E-state index contributed by atoms with van der Waals surface area (Å²) in [5.74, 6) is -0.945. The molecule has 0 unspecified atom stereocenters. The third kappa shape index (κ3) is 4.30. The second-order valence-corrected chi connectivity index (χ2v) is 6.74. The molecule has 3 nitrogen and oxygen atoms in total. The first kappa shape index (κ1) is 19.7. The Balaban J connectivity index is 2.35. The fourth-order valence-corrected chi connectivity index (χ4v) is 2.73. The SMILES string of the molecule is C=CC(C)=C(C(=O)OC(C)(C)C(=O)c1ccccc1Cl)c1ccccc1. The number of halogens is 1. The number of ketones is 1. The van der Waals surface area contributed by atoms with Gasteiger partial charge in [0.1, 0.15) is 0 Å². The molecule has 4 heteroatoms. The molecular formula is C22H21ClO3. The van der Waals surface area contributed by atoms with Crippen LogP contribution in [0.25, 0.3) is 5.57 Å². The Kier molecular flexibility index (Phi) is 6.17. The van der Waals surface area contributed by atoms with Crippen LogP contribution in [0.1, 0.15) is 36.7 Å². The Morgan fingerprint density at radius 2 is 1.62 bits per heavy atom. The molecule has 0 N–H and O–H groups in total. The lowest BCUT2D eigenvalue weighted by Gasteiger charge is -2.25. The smallest absolute Gasteiger partial charge is 0.339 e. The number of hydrogen-bond acceptors (Lipinski definition) is 3. The number of esters is 1. The zero-order valence-corrected chi connectivity index (χ0v) is 15.8. The van der Waals surface area contributed by atoms with Crippen LogP contribution in [0.3, 0.4) is 0 Å². The summed E-state index contributed by atoms with van der Waals surface area (Å²) >= 11 is 6.11. The predicted molar refractivity (Wildman–Crippen MR) is 105 cm³/mol. The van der Waals surface area contributed by atoms with Gasteiger partial charge in [-0.25, -0.2) is 4.79 Å². The van der Waals surface area contributed by atoms with Gasteiger partial charge in [0.05, 0.1) is 10.6 Å². The summed E-state index contributed by atoms with van der Waals surface area (Å²) in [7, 11) is 0. The average Bonchev–Trinajstić information content (AvgIpc) is 2.62. The molecule has 0 aliphatic rings. The van der Waals surface area contributed by atoms with Gasteiger partial charge in [0, 0.05) is 5.56 Å². The summed E-state index contributed by atoms with van der Waals surface area (Å²) in [4.78, 5) is 25.7. The van der Waals surface area contributed by atoms with Crippen molar-refractivity contribution in [2.75, 3.05) is 0 Å². The molecule has 0 heterocycles. The van der Waals surface area contributed by atoms with Crippen LogP contribution in [0, 0.1) is 0 Å². The first-order chi connectivity index (χ1) is 12.3. The molecule has 2 aromatic carbocycles. The van der Waals surface area contributed by atoms with Crippen molar-refractivity contribution in [1.29, 1.82) is 0 Å². The van der Waals surface area contributed by atoms with Crippen LogP contribution in [0.2, 0.25) is 5.02 Å². The van der Waals surface area contributed by atoms with Gasteiger partial charge in [-0.05, 0) is 44.0 Å². The highest BCUT2D eigenvalue weighted by Crippen LogP contribution is 2.27. The van der Waals surface area contributed by atoms with Crippen molar-refractivity contribution < 1.29 is 14.3 Å². The van der Waals surface area contributed by atoms with E-state index in [2.05, 4.69) is 6.58 Å². The number of carbonyl (C=O) groups excluding carboxylic acids is 2. The maximum absolute atomic E-state index is 12.9. The molecule has 0 atom stereocenters. The molecule has 0 fully saturated rings. The zero-order valence-electron chi connectivity index (χ0n) is 15.1. The van der Waals surface area contributed by atoms with Crippen LogP contribution >= 0.6 is 11.6 Å². The number of allylic oxidation sites excluding steroid dienone is 2. The Hall–Kier alpha value is -2.65. The van der Waals surface area contributed by atoms with Crippen LogP contribution in [0.4, 0.5) is 0 Å². The van der Waals surface area contributed by atoms with Gasteiger partial charge >= 0.3 is 5.97 Å². The normalized spacial score (nSPS) is 12.2. The van der Waals surface area contributed by atoms with E-state index < -0.39 is 11.6 Å². The van der Waals surface area contributed by atoms with Crippen LogP contribution in [-0.2, 0) is 9.53 Å². The van der Waals surface area contributed by atoms with Crippen molar-refractivity contribution in [1.82, 2.24) is 0 Å². The van der Waals surface area contributed by atoms with Crippen LogP contribution in [-0.4, -0.2) is 17.4 Å². The number of rotatable bonds is 6. The second kappa shape index (κ2) is 8.15. The van der Waals surface area contributed by atoms with Crippen molar-refractivity contribution in [3.05, 3.63) is 89.0 Å². The summed E-state index contributed by atoms with van der Waals surface area (Å²) < 4.78 is 5.60. The first-order valence-corrected chi connectivity index (χ1v) is 8.57. The fourth-order valence-electron chi connectivity index (χ4n) is 2.51. The fraction of sp³-hybridized carbons (Fsp3) is 0.182. The largest absolute Gasteiger partial charge is 0.448 e. The lowest BCUT2D eigenvalue weighted by molar-refractivity contribution is -0.145. The molecule has 0 aliphatic carbocycles. The molecule has 2 rings (SSSR count). The standard InChI is InChI=1S/C22H21ClO3/c1-5-15(2)19(16-11-7-6-8-12-16)21(25)26-22(3,4)20(24)17-13-9-10-14-18(17)23/h5-14H,1H2,2-4H3. The molecule has 0 radical (unpaired) electrons. The number of carbonyl (C=O) groups is 2. The van der Waals surface area contributed by atoms with E-state index in [0.29, 0.717) is 27.3 Å². The van der Waals surface area contributed by atoms with Crippen molar-refractivity contribution in [3.8, 4) is 0 Å². The van der Waals surface area contributed by atoms with Gasteiger partial charge in [0.15, 0.2) is 5.60 Å². The molecule has 2 aromatic rings. The lowest BCUT2D eigenvalue weighted by Crippen LogP contribution is -2.37. The Bertz CT molecular complexity index is 864. The molecule has 0 bridgehead atoms. The van der Waals surface area contributed by atoms with E-state index in [1.54, 1.807) is 51.1 Å². The third-order valence-corrected chi connectivity index (χ3v) is 4.31. The lowest BCUT2D eigenvalue weighted by atomic mass is 9.95. The maximum atomic E-state index is 12.9. The molecule has 0 amide bonds. The third-order valence-electron chi connectivity index (χ3n) is 3.98. The Morgan fingerprint density at radius 1 is 1.04 bits per heavy atom. The summed E-state index contributed by atoms with van der Waals surface area (Å²) in [6.07, 6.45) is 1.59. The number of Topliss-reactive ketones (excluding diaryl/α,β-unsaturated/α-hetero) is 1. The first-order valence-electron chi connectivity index (χ1n) is 8.19. The van der Waals surface area contributed by atoms with Gasteiger partial charge in [-0.2, -0.15) is 0 Å². The monoisotopic (exact) mass is 368 g/mol. The van der Waals surface area contributed by atoms with Crippen molar-refractivity contribution in [2.45, 2.75) is 26.4 Å². The van der Waals surface area contributed by atoms with E-state index in [9.17, 15) is 9.59 Å². The summed E-state index contributed by atoms with van der Waals surface area (Å²) in [5, 5.41) is 0.322. The van der Waals surface area contributed by atoms with Crippen LogP contribution in [0.15, 0.2) is 72.8 Å². The van der Waals surface area contributed by atoms with Crippen molar-refractivity contribution in [2.24, 2.45) is 0 Å². The minimum Gasteiger partial charge on any atom is -0.448 e. The van der Waals surface area contributed by atoms with Crippen molar-refractivity contribution >= 4 is 28.9 Å². The van der Waals surface area contributed by atoms with E-state index in [1.807, 2.05) is 30.3 Å². The maximum Gasteiger partial charge on any atom is 0.339 e. The molecule has 26 heavy (non-hydrogen) atoms. The molecule has 0 spiro atoms. The number of benzene rings is 2. The Labute approximate surface area is 158 Å². The van der Waals surface area contributed by atoms with E-state index in [1.165, 1.54) is 0 Å². The van der Waals surface area contributed by atoms with Crippen LogP contribution in [0.5, 0.6) is 0 Å².